The van der Waals surface area contributed by atoms with Crippen LogP contribution in [-0.4, -0.2) is 23.6 Å². The lowest BCUT2D eigenvalue weighted by atomic mass is 9.98. The van der Waals surface area contributed by atoms with E-state index < -0.39 is 11.7 Å². The zero-order valence-corrected chi connectivity index (χ0v) is 17.7. The lowest BCUT2D eigenvalue weighted by Gasteiger charge is -2.28. The third-order valence-corrected chi connectivity index (χ3v) is 5.42. The molecule has 3 N–H and O–H groups in total. The molecule has 31 heavy (non-hydrogen) atoms. The maximum Gasteiger partial charge on any atom is 0.416 e. The van der Waals surface area contributed by atoms with Crippen molar-refractivity contribution in [3.63, 3.8) is 0 Å². The van der Waals surface area contributed by atoms with E-state index in [1.54, 1.807) is 12.1 Å². The summed E-state index contributed by atoms with van der Waals surface area (Å²) in [4.78, 5) is 12.6. The average molecular weight is 450 g/mol. The number of halogens is 4. The predicted octanol–water partition coefficient (Wildman–Crippen LogP) is 5.20. The molecule has 1 atom stereocenters. The normalized spacial score (nSPS) is 15.8. The molecule has 0 saturated heterocycles. The molecule has 2 aromatic carbocycles. The van der Waals surface area contributed by atoms with Gasteiger partial charge in [-0.1, -0.05) is 35.9 Å². The number of aromatic nitrogens is 1. The van der Waals surface area contributed by atoms with Gasteiger partial charge in [-0.15, -0.1) is 12.4 Å². The van der Waals surface area contributed by atoms with Crippen molar-refractivity contribution in [2.45, 2.75) is 25.6 Å². The molecular weight excluding hydrogens is 427 g/mol. The zero-order valence-electron chi connectivity index (χ0n) is 16.9. The molecule has 1 aliphatic heterocycles. The van der Waals surface area contributed by atoms with E-state index in [9.17, 15) is 18.0 Å². The summed E-state index contributed by atoms with van der Waals surface area (Å²) in [6, 6.07) is 14.6. The van der Waals surface area contributed by atoms with E-state index >= 15 is 0 Å². The lowest BCUT2D eigenvalue weighted by Crippen LogP contribution is -2.39. The maximum atomic E-state index is 13.3. The van der Waals surface area contributed by atoms with E-state index in [1.807, 2.05) is 35.8 Å². The molecule has 8 heteroatoms. The molecule has 0 aliphatic carbocycles. The molecule has 0 fully saturated rings. The first kappa shape index (κ1) is 22.9. The lowest BCUT2D eigenvalue weighted by molar-refractivity contribution is -0.137. The van der Waals surface area contributed by atoms with Crippen LogP contribution < -0.4 is 11.1 Å². The van der Waals surface area contributed by atoms with Crippen molar-refractivity contribution in [3.8, 4) is 22.4 Å². The number of carbonyl (C=O) groups is 1. The van der Waals surface area contributed by atoms with Gasteiger partial charge >= 0.3 is 6.18 Å². The van der Waals surface area contributed by atoms with Crippen molar-refractivity contribution in [1.82, 2.24) is 9.88 Å². The monoisotopic (exact) mass is 449 g/mol. The van der Waals surface area contributed by atoms with Crippen molar-refractivity contribution in [2.75, 3.05) is 13.1 Å². The van der Waals surface area contributed by atoms with Gasteiger partial charge in [-0.3, -0.25) is 4.79 Å². The summed E-state index contributed by atoms with van der Waals surface area (Å²) in [6.45, 7) is 2.82. The van der Waals surface area contributed by atoms with Crippen LogP contribution in [0.15, 0.2) is 54.6 Å². The van der Waals surface area contributed by atoms with E-state index in [-0.39, 0.29) is 24.4 Å². The average Bonchev–Trinajstić information content (AvgIpc) is 3.11. The van der Waals surface area contributed by atoms with Gasteiger partial charge in [0.05, 0.1) is 17.3 Å². The minimum absolute atomic E-state index is 0. The Morgan fingerprint density at radius 2 is 1.81 bits per heavy atom. The molecule has 0 saturated carbocycles. The Bertz CT molecular complexity index is 1110. The van der Waals surface area contributed by atoms with Gasteiger partial charge in [-0.25, -0.2) is 0 Å². The molecule has 1 aromatic heterocycles. The molecule has 0 bridgehead atoms. The minimum Gasteiger partial charge on any atom is -0.349 e. The number of nitrogens with zero attached hydrogens (tertiary/aromatic N) is 1. The van der Waals surface area contributed by atoms with Crippen LogP contribution in [0, 0.1) is 6.92 Å². The highest BCUT2D eigenvalue weighted by Crippen LogP contribution is 2.41. The summed E-state index contributed by atoms with van der Waals surface area (Å²) in [6.07, 6.45) is -3.80. The quantitative estimate of drug-likeness (QED) is 0.574. The summed E-state index contributed by atoms with van der Waals surface area (Å²) < 4.78 is 41.9. The summed E-state index contributed by atoms with van der Waals surface area (Å²) in [7, 11) is 0. The Morgan fingerprint density at radius 1 is 1.10 bits per heavy atom. The zero-order chi connectivity index (χ0) is 21.5. The van der Waals surface area contributed by atoms with Crippen molar-refractivity contribution in [1.29, 1.82) is 0 Å². The van der Waals surface area contributed by atoms with E-state index in [0.29, 0.717) is 36.3 Å². The van der Waals surface area contributed by atoms with Crippen molar-refractivity contribution < 1.29 is 18.0 Å². The number of carbonyl (C=O) groups excluding carboxylic acids is 1. The van der Waals surface area contributed by atoms with Gasteiger partial charge in [-0.2, -0.15) is 13.2 Å². The van der Waals surface area contributed by atoms with Gasteiger partial charge in [0.25, 0.3) is 5.91 Å². The highest BCUT2D eigenvalue weighted by atomic mass is 35.5. The van der Waals surface area contributed by atoms with Gasteiger partial charge in [0, 0.05) is 12.1 Å². The van der Waals surface area contributed by atoms with Gasteiger partial charge in [0.1, 0.15) is 5.69 Å². The van der Waals surface area contributed by atoms with Crippen LogP contribution in [0.5, 0.6) is 0 Å². The Labute approximate surface area is 184 Å². The third kappa shape index (κ3) is 4.34. The van der Waals surface area contributed by atoms with Crippen LogP contribution in [0.2, 0.25) is 0 Å². The van der Waals surface area contributed by atoms with Gasteiger partial charge in [0.15, 0.2) is 0 Å². The molecule has 1 aliphatic rings. The highest BCUT2D eigenvalue weighted by Gasteiger charge is 2.33. The second-order valence-electron chi connectivity index (χ2n) is 7.55. The van der Waals surface area contributed by atoms with Crippen molar-refractivity contribution in [3.05, 3.63) is 71.4 Å². The number of hydrogen-bond donors (Lipinski definition) is 2. The van der Waals surface area contributed by atoms with Crippen LogP contribution in [0.4, 0.5) is 13.2 Å². The number of nitrogens with one attached hydrogen (secondary N) is 1. The standard InChI is InChI=1S/C23H22F3N3O.ClH/c1-14-4-2-6-16(10-14)21-19(15-5-3-7-17(11-15)23(24,25)26)12-20-22(30)28-13-18(8-9-27)29(20)21;/h2-7,10-12,18H,8-9,13,27H2,1H3,(H,28,30);1H. The SMILES string of the molecule is Cc1cccc(-c2c(-c3cccc(C(F)(F)F)c3)cc3n2C(CCN)CNC3=O)c1.Cl. The topological polar surface area (TPSA) is 60.0 Å². The fraction of sp³-hybridized carbons (Fsp3) is 0.261. The molecule has 1 amide bonds. The van der Waals surface area contributed by atoms with Crippen LogP contribution in [0.1, 0.15) is 34.1 Å². The number of rotatable bonds is 4. The molecule has 4 nitrogen and oxygen atoms in total. The first-order chi connectivity index (χ1) is 14.3. The second-order valence-corrected chi connectivity index (χ2v) is 7.55. The summed E-state index contributed by atoms with van der Waals surface area (Å²) >= 11 is 0. The summed E-state index contributed by atoms with van der Waals surface area (Å²) in [5.74, 6) is -0.240. The van der Waals surface area contributed by atoms with Gasteiger partial charge in [-0.05, 0) is 55.3 Å². The van der Waals surface area contributed by atoms with Crippen molar-refractivity contribution in [2.24, 2.45) is 5.73 Å². The maximum absolute atomic E-state index is 13.3. The minimum atomic E-state index is -4.45. The Balaban J connectivity index is 0.00000272. The summed E-state index contributed by atoms with van der Waals surface area (Å²) in [5.41, 5.74) is 9.14. The second kappa shape index (κ2) is 8.77. The Kier molecular flexibility index (Phi) is 6.48. The first-order valence-corrected chi connectivity index (χ1v) is 9.77. The molecule has 1 unspecified atom stereocenters. The van der Waals surface area contributed by atoms with E-state index in [1.165, 1.54) is 6.07 Å². The molecule has 4 rings (SSSR count). The number of alkyl halides is 3. The fourth-order valence-electron chi connectivity index (χ4n) is 4.07. The van der Waals surface area contributed by atoms with E-state index in [4.69, 9.17) is 5.73 Å². The number of amides is 1. The molecule has 3 aromatic rings. The molecular formula is C23H23ClF3N3O. The third-order valence-electron chi connectivity index (χ3n) is 5.42. The van der Waals surface area contributed by atoms with E-state index in [0.717, 1.165) is 29.0 Å². The number of aryl methyl sites for hydroxylation is 1. The van der Waals surface area contributed by atoms with Crippen LogP contribution in [0.25, 0.3) is 22.4 Å². The first-order valence-electron chi connectivity index (χ1n) is 9.77. The number of nitrogens with two attached hydrogens (primary N) is 1. The van der Waals surface area contributed by atoms with E-state index in [2.05, 4.69) is 5.32 Å². The molecule has 0 radical (unpaired) electrons. The van der Waals surface area contributed by atoms with Crippen LogP contribution >= 0.6 is 12.4 Å². The highest BCUT2D eigenvalue weighted by molar-refractivity contribution is 5.98. The number of hydrogen-bond acceptors (Lipinski definition) is 2. The van der Waals surface area contributed by atoms with Gasteiger partial charge in [0.2, 0.25) is 0 Å². The Hall–Kier alpha value is -2.77. The van der Waals surface area contributed by atoms with Gasteiger partial charge < -0.3 is 15.6 Å². The predicted molar refractivity (Wildman–Crippen MR) is 117 cm³/mol. The molecule has 0 spiro atoms. The Morgan fingerprint density at radius 3 is 2.48 bits per heavy atom. The molecule has 164 valence electrons. The fourth-order valence-corrected chi connectivity index (χ4v) is 4.07. The number of fused-ring (bicyclic) bond motifs is 1. The van der Waals surface area contributed by atoms with Crippen molar-refractivity contribution >= 4 is 18.3 Å². The number of benzene rings is 2. The van der Waals surface area contributed by atoms with Crippen LogP contribution in [-0.2, 0) is 6.18 Å². The molecule has 2 heterocycles. The van der Waals surface area contributed by atoms with Crippen LogP contribution in [0.3, 0.4) is 0 Å². The smallest absolute Gasteiger partial charge is 0.349 e. The summed E-state index contributed by atoms with van der Waals surface area (Å²) in [5, 5.41) is 2.87. The largest absolute Gasteiger partial charge is 0.416 e.